The van der Waals surface area contributed by atoms with Crippen molar-refractivity contribution < 1.29 is 10.2 Å². The molecule has 0 radical (unpaired) electrons. The van der Waals surface area contributed by atoms with Crippen LogP contribution in [-0.4, -0.2) is 30.0 Å². The van der Waals surface area contributed by atoms with E-state index in [2.05, 4.69) is 13.8 Å². The third kappa shape index (κ3) is 153. The first kappa shape index (κ1) is 24.9. The highest BCUT2D eigenvalue weighted by molar-refractivity contribution is 4.35. The van der Waals surface area contributed by atoms with Gasteiger partial charge in [0.1, 0.15) is 0 Å². The van der Waals surface area contributed by atoms with Gasteiger partial charge >= 0.3 is 0 Å². The number of hydrogen-bond donors (Lipinski definition) is 3. The summed E-state index contributed by atoms with van der Waals surface area (Å²) in [6.45, 7) is 10.3. The smallest absolute Gasteiger partial charge is 0.0402 e. The summed E-state index contributed by atoms with van der Waals surface area (Å²) in [6, 6.07) is 0.333. The Balaban J connectivity index is -0.0000000685. The van der Waals surface area contributed by atoms with Crippen LogP contribution in [0.15, 0.2) is 0 Å². The molecule has 0 amide bonds. The third-order valence-corrected chi connectivity index (χ3v) is 1.21. The number of aliphatic hydroxyl groups is 2. The molecule has 0 saturated carbocycles. The monoisotopic (exact) mass is 237 g/mol. The summed E-state index contributed by atoms with van der Waals surface area (Å²) in [5.41, 5.74) is 5.11. The molecule has 0 atom stereocenters. The zero-order valence-corrected chi connectivity index (χ0v) is 12.3. The van der Waals surface area contributed by atoms with Gasteiger partial charge in [-0.2, -0.15) is 0 Å². The minimum Gasteiger partial charge on any atom is -0.400 e. The van der Waals surface area contributed by atoms with Crippen LogP contribution in [0, 0.1) is 0 Å². The first-order chi connectivity index (χ1) is 7.56. The maximum absolute atomic E-state index is 7.57. The first-order valence-corrected chi connectivity index (χ1v) is 6.37. The Kier molecular flexibility index (Phi) is 56.6. The molecule has 0 aromatic rings. The van der Waals surface area contributed by atoms with Crippen LogP contribution in [-0.2, 0) is 0 Å². The lowest BCUT2D eigenvalue weighted by atomic mass is 10.2. The largest absolute Gasteiger partial charge is 0.400 e. The van der Waals surface area contributed by atoms with Crippen LogP contribution in [0.4, 0.5) is 0 Å². The van der Waals surface area contributed by atoms with Gasteiger partial charge in [-0.1, -0.05) is 59.8 Å². The number of nitrogens with two attached hydrogens (primary N) is 1. The molecule has 16 heavy (non-hydrogen) atoms. The van der Waals surface area contributed by atoms with Crippen LogP contribution in [0.5, 0.6) is 0 Å². The normalized spacial score (nSPS) is 7.88. The summed E-state index contributed by atoms with van der Waals surface area (Å²) in [5, 5.41) is 14.6. The summed E-state index contributed by atoms with van der Waals surface area (Å²) in [7, 11) is 1.00. The van der Waals surface area contributed by atoms with Crippen molar-refractivity contribution in [1.29, 1.82) is 0 Å². The van der Waals surface area contributed by atoms with E-state index < -0.39 is 0 Å². The Morgan fingerprint density at radius 3 is 1.19 bits per heavy atom. The zero-order chi connectivity index (χ0) is 13.8. The van der Waals surface area contributed by atoms with Crippen molar-refractivity contribution in [3.05, 3.63) is 0 Å². The van der Waals surface area contributed by atoms with Crippen LogP contribution < -0.4 is 5.73 Å². The van der Waals surface area contributed by atoms with Crippen LogP contribution in [0.25, 0.3) is 0 Å². The third-order valence-electron chi connectivity index (χ3n) is 1.21. The van der Waals surface area contributed by atoms with E-state index in [0.29, 0.717) is 6.04 Å². The van der Waals surface area contributed by atoms with E-state index in [9.17, 15) is 0 Å². The molecule has 0 aliphatic heterocycles. The molecule has 0 bridgehead atoms. The molecule has 0 heterocycles. The second-order valence-electron chi connectivity index (χ2n) is 3.62. The average Bonchev–Trinajstić information content (AvgIpc) is 2.22. The SMILES string of the molecule is CC(C)N.CCCCCCC.CCO.CO. The van der Waals surface area contributed by atoms with Gasteiger partial charge in [-0.3, -0.25) is 0 Å². The van der Waals surface area contributed by atoms with E-state index in [1.165, 1.54) is 32.1 Å². The van der Waals surface area contributed by atoms with Gasteiger partial charge in [0.25, 0.3) is 0 Å². The Labute approximate surface area is 103 Å². The van der Waals surface area contributed by atoms with E-state index in [1.807, 2.05) is 13.8 Å². The molecule has 0 rings (SSSR count). The highest BCUT2D eigenvalue weighted by Gasteiger charge is 1.80. The average molecular weight is 237 g/mol. The summed E-state index contributed by atoms with van der Waals surface area (Å²) >= 11 is 0. The van der Waals surface area contributed by atoms with Gasteiger partial charge in [0.05, 0.1) is 0 Å². The molecule has 0 aromatic heterocycles. The Morgan fingerprint density at radius 2 is 1.06 bits per heavy atom. The summed E-state index contributed by atoms with van der Waals surface area (Å²) in [4.78, 5) is 0. The molecule has 0 spiro atoms. The first-order valence-electron chi connectivity index (χ1n) is 6.37. The van der Waals surface area contributed by atoms with Crippen molar-refractivity contribution in [3.63, 3.8) is 0 Å². The van der Waals surface area contributed by atoms with Gasteiger partial charge in [0.2, 0.25) is 0 Å². The maximum Gasteiger partial charge on any atom is 0.0402 e. The van der Waals surface area contributed by atoms with Crippen molar-refractivity contribution in [1.82, 2.24) is 0 Å². The van der Waals surface area contributed by atoms with Gasteiger partial charge in [-0.25, -0.2) is 0 Å². The van der Waals surface area contributed by atoms with Gasteiger partial charge in [-0.05, 0) is 13.0 Å². The fourth-order valence-corrected chi connectivity index (χ4v) is 0.677. The summed E-state index contributed by atoms with van der Waals surface area (Å²) in [6.07, 6.45) is 7.01. The van der Waals surface area contributed by atoms with Gasteiger partial charge in [-0.15, -0.1) is 0 Å². The van der Waals surface area contributed by atoms with Crippen molar-refractivity contribution in [2.75, 3.05) is 13.7 Å². The molecular weight excluding hydrogens is 202 g/mol. The minimum atomic E-state index is 0.250. The fourth-order valence-electron chi connectivity index (χ4n) is 0.677. The molecule has 3 heteroatoms. The molecule has 0 aromatic carbocycles. The quantitative estimate of drug-likeness (QED) is 0.659. The van der Waals surface area contributed by atoms with Gasteiger partial charge in [0.15, 0.2) is 0 Å². The van der Waals surface area contributed by atoms with Crippen LogP contribution >= 0.6 is 0 Å². The maximum atomic E-state index is 7.57. The molecule has 4 N–H and O–H groups in total. The van der Waals surface area contributed by atoms with E-state index >= 15 is 0 Å². The fraction of sp³-hybridized carbons (Fsp3) is 1.00. The van der Waals surface area contributed by atoms with Crippen molar-refractivity contribution in [3.8, 4) is 0 Å². The molecule has 3 nitrogen and oxygen atoms in total. The van der Waals surface area contributed by atoms with Crippen LogP contribution in [0.3, 0.4) is 0 Å². The molecule has 0 saturated heterocycles. The van der Waals surface area contributed by atoms with E-state index in [0.717, 1.165) is 7.11 Å². The van der Waals surface area contributed by atoms with Crippen LogP contribution in [0.2, 0.25) is 0 Å². The van der Waals surface area contributed by atoms with Crippen LogP contribution in [0.1, 0.15) is 66.7 Å². The van der Waals surface area contributed by atoms with Crippen molar-refractivity contribution in [2.24, 2.45) is 5.73 Å². The Morgan fingerprint density at radius 1 is 0.875 bits per heavy atom. The number of rotatable bonds is 4. The summed E-state index contributed by atoms with van der Waals surface area (Å²) < 4.78 is 0. The highest BCUT2D eigenvalue weighted by Crippen LogP contribution is 2.00. The minimum absolute atomic E-state index is 0.250. The molecule has 0 aliphatic rings. The van der Waals surface area contributed by atoms with Crippen molar-refractivity contribution >= 4 is 0 Å². The molecule has 0 aliphatic carbocycles. The molecule has 0 unspecified atom stereocenters. The lowest BCUT2D eigenvalue weighted by molar-refractivity contribution is 0.318. The number of hydrogen-bond acceptors (Lipinski definition) is 3. The number of unbranched alkanes of at least 4 members (excludes halogenated alkanes) is 4. The highest BCUT2D eigenvalue weighted by atomic mass is 16.2. The van der Waals surface area contributed by atoms with E-state index in [1.54, 1.807) is 6.92 Å². The molecule has 104 valence electrons. The second-order valence-corrected chi connectivity index (χ2v) is 3.62. The topological polar surface area (TPSA) is 66.5 Å². The van der Waals surface area contributed by atoms with Gasteiger partial charge in [0, 0.05) is 13.7 Å². The van der Waals surface area contributed by atoms with Gasteiger partial charge < -0.3 is 15.9 Å². The van der Waals surface area contributed by atoms with E-state index in [4.69, 9.17) is 15.9 Å². The Bertz CT molecular complexity index is 62.2. The summed E-state index contributed by atoms with van der Waals surface area (Å²) in [5.74, 6) is 0. The zero-order valence-electron chi connectivity index (χ0n) is 12.3. The predicted molar refractivity (Wildman–Crippen MR) is 74.7 cm³/mol. The standard InChI is InChI=1S/C7H16.C3H9N.C2H6O.CH4O/c1-3-5-7-6-4-2;1-3(2)4;1-2-3;1-2/h3-7H2,1-2H3;3H,4H2,1-2H3;3H,2H2,1H3;2H,1H3. The molecule has 0 fully saturated rings. The lowest BCUT2D eigenvalue weighted by Gasteiger charge is -1.90. The predicted octanol–water partition coefficient (Wildman–Crippen LogP) is 2.94. The van der Waals surface area contributed by atoms with Crippen molar-refractivity contribution in [2.45, 2.75) is 72.8 Å². The van der Waals surface area contributed by atoms with E-state index in [-0.39, 0.29) is 6.61 Å². The number of aliphatic hydroxyl groups excluding tert-OH is 2. The second kappa shape index (κ2) is 36.4. The lowest BCUT2D eigenvalue weighted by Crippen LogP contribution is -2.06. The Hall–Kier alpha value is -0.120. The molecular formula is C13H35NO2.